The van der Waals surface area contributed by atoms with Crippen LogP contribution in [0.1, 0.15) is 33.6 Å². The van der Waals surface area contributed by atoms with Crippen molar-refractivity contribution in [1.82, 2.24) is 5.32 Å². The van der Waals surface area contributed by atoms with E-state index in [4.69, 9.17) is 0 Å². The topological polar surface area (TPSA) is 12.0 Å². The van der Waals surface area contributed by atoms with Gasteiger partial charge in [0.2, 0.25) is 0 Å². The zero-order valence-electron chi connectivity index (χ0n) is 7.41. The number of hydrogen-bond acceptors (Lipinski definition) is 1. The molecule has 0 aromatic heterocycles. The van der Waals surface area contributed by atoms with Crippen LogP contribution in [0.4, 0.5) is 0 Å². The minimum Gasteiger partial charge on any atom is -0.316 e. The molecule has 1 spiro atoms. The first-order valence-electron chi connectivity index (χ1n) is 4.54. The number of nitrogens with one attached hydrogen (secondary N) is 1. The van der Waals surface area contributed by atoms with Crippen molar-refractivity contribution in [2.45, 2.75) is 33.6 Å². The Morgan fingerprint density at radius 1 is 1.30 bits per heavy atom. The summed E-state index contributed by atoms with van der Waals surface area (Å²) in [5.74, 6) is 0.961. The van der Waals surface area contributed by atoms with Crippen LogP contribution in [-0.4, -0.2) is 13.1 Å². The summed E-state index contributed by atoms with van der Waals surface area (Å²) in [6.07, 6.45) is 2.97. The van der Waals surface area contributed by atoms with E-state index in [1.807, 2.05) is 13.8 Å². The van der Waals surface area contributed by atoms with Gasteiger partial charge in [0.15, 0.2) is 0 Å². The van der Waals surface area contributed by atoms with Crippen molar-refractivity contribution in [3.05, 3.63) is 0 Å². The van der Waals surface area contributed by atoms with E-state index in [2.05, 4.69) is 12.2 Å². The zero-order valence-corrected chi connectivity index (χ0v) is 7.41. The highest BCUT2D eigenvalue weighted by molar-refractivity contribution is 5.02. The zero-order chi connectivity index (χ0) is 7.61. The maximum atomic E-state index is 3.42. The molecular weight excluding hydrogens is 122 g/mol. The Labute approximate surface area is 64.2 Å². The van der Waals surface area contributed by atoms with Crippen molar-refractivity contribution >= 4 is 0 Å². The van der Waals surface area contributed by atoms with Crippen molar-refractivity contribution in [2.24, 2.45) is 11.3 Å². The Morgan fingerprint density at radius 2 is 1.90 bits per heavy atom. The standard InChI is InChI=1S/C7H13N.C2H6/c1-6-4-8-5-7(6)2-3-7;1-2/h6,8H,2-5H2,1H3;1-2H3/t6-;/m0./s1. The fourth-order valence-corrected chi connectivity index (χ4v) is 1.76. The van der Waals surface area contributed by atoms with Gasteiger partial charge in [-0.1, -0.05) is 20.8 Å². The molecule has 1 heterocycles. The molecule has 0 aromatic rings. The molecule has 1 saturated heterocycles. The lowest BCUT2D eigenvalue weighted by Crippen LogP contribution is -2.09. The molecule has 0 unspecified atom stereocenters. The fourth-order valence-electron chi connectivity index (χ4n) is 1.76. The van der Waals surface area contributed by atoms with E-state index in [1.54, 1.807) is 0 Å². The Hall–Kier alpha value is -0.0400. The molecule has 1 nitrogen and oxygen atoms in total. The van der Waals surface area contributed by atoms with Crippen molar-refractivity contribution in [2.75, 3.05) is 13.1 Å². The lowest BCUT2D eigenvalue weighted by atomic mass is 9.95. The Kier molecular flexibility index (Phi) is 2.35. The van der Waals surface area contributed by atoms with Gasteiger partial charge in [-0.3, -0.25) is 0 Å². The van der Waals surface area contributed by atoms with Gasteiger partial charge in [0.25, 0.3) is 0 Å². The predicted molar refractivity (Wildman–Crippen MR) is 45.0 cm³/mol. The third kappa shape index (κ3) is 1.20. The molecule has 2 rings (SSSR count). The lowest BCUT2D eigenvalue weighted by molar-refractivity contribution is 0.432. The first-order chi connectivity index (χ1) is 4.83. The normalized spacial score (nSPS) is 33.3. The van der Waals surface area contributed by atoms with Crippen molar-refractivity contribution in [1.29, 1.82) is 0 Å². The van der Waals surface area contributed by atoms with Crippen LogP contribution in [0.3, 0.4) is 0 Å². The maximum absolute atomic E-state index is 3.42. The molecule has 10 heavy (non-hydrogen) atoms. The SMILES string of the molecule is CC.C[C@H]1CNCC12CC2. The van der Waals surface area contributed by atoms with Crippen molar-refractivity contribution in [3.8, 4) is 0 Å². The Balaban J connectivity index is 0.000000231. The van der Waals surface area contributed by atoms with E-state index >= 15 is 0 Å². The molecule has 0 bridgehead atoms. The van der Waals surface area contributed by atoms with Gasteiger partial charge < -0.3 is 5.32 Å². The minimum absolute atomic E-state index is 0.792. The largest absolute Gasteiger partial charge is 0.316 e. The lowest BCUT2D eigenvalue weighted by Gasteiger charge is -2.08. The summed E-state index contributed by atoms with van der Waals surface area (Å²) in [6.45, 7) is 8.93. The number of rotatable bonds is 0. The van der Waals surface area contributed by atoms with E-state index < -0.39 is 0 Å². The number of hydrogen-bond donors (Lipinski definition) is 1. The van der Waals surface area contributed by atoms with Crippen LogP contribution in [0.5, 0.6) is 0 Å². The molecule has 0 aromatic carbocycles. The minimum atomic E-state index is 0.792. The molecule has 2 aliphatic rings. The second-order valence-corrected chi connectivity index (χ2v) is 3.39. The van der Waals surface area contributed by atoms with E-state index in [0.29, 0.717) is 0 Å². The first kappa shape index (κ1) is 8.06. The fraction of sp³-hybridized carbons (Fsp3) is 1.00. The van der Waals surface area contributed by atoms with Crippen LogP contribution in [0.25, 0.3) is 0 Å². The molecule has 0 radical (unpaired) electrons. The van der Waals surface area contributed by atoms with Gasteiger partial charge in [-0.05, 0) is 30.7 Å². The highest BCUT2D eigenvalue weighted by Gasteiger charge is 2.49. The predicted octanol–water partition coefficient (Wildman–Crippen LogP) is 2.03. The van der Waals surface area contributed by atoms with Gasteiger partial charge in [0.05, 0.1) is 0 Å². The molecule has 2 fully saturated rings. The molecular formula is C9H19N. The van der Waals surface area contributed by atoms with Crippen LogP contribution in [0.2, 0.25) is 0 Å². The molecule has 1 N–H and O–H groups in total. The second-order valence-electron chi connectivity index (χ2n) is 3.39. The highest BCUT2D eigenvalue weighted by Crippen LogP contribution is 2.53. The van der Waals surface area contributed by atoms with Crippen LogP contribution >= 0.6 is 0 Å². The maximum Gasteiger partial charge on any atom is 0.00110 e. The van der Waals surface area contributed by atoms with Crippen LogP contribution < -0.4 is 5.32 Å². The summed E-state index contributed by atoms with van der Waals surface area (Å²) in [5, 5.41) is 3.42. The second kappa shape index (κ2) is 2.91. The van der Waals surface area contributed by atoms with Crippen molar-refractivity contribution < 1.29 is 0 Å². The van der Waals surface area contributed by atoms with Gasteiger partial charge in [-0.25, -0.2) is 0 Å². The summed E-state index contributed by atoms with van der Waals surface area (Å²) in [4.78, 5) is 0. The monoisotopic (exact) mass is 141 g/mol. The molecule has 1 heteroatoms. The third-order valence-corrected chi connectivity index (χ3v) is 2.87. The Morgan fingerprint density at radius 3 is 2.10 bits per heavy atom. The molecule has 0 amide bonds. The van der Waals surface area contributed by atoms with E-state index in [1.165, 1.54) is 25.9 Å². The van der Waals surface area contributed by atoms with Gasteiger partial charge in [0, 0.05) is 6.54 Å². The van der Waals surface area contributed by atoms with Crippen molar-refractivity contribution in [3.63, 3.8) is 0 Å². The molecule has 1 aliphatic carbocycles. The summed E-state index contributed by atoms with van der Waals surface area (Å²) in [6, 6.07) is 0. The quantitative estimate of drug-likeness (QED) is 0.544. The summed E-state index contributed by atoms with van der Waals surface area (Å²) >= 11 is 0. The van der Waals surface area contributed by atoms with E-state index in [-0.39, 0.29) is 0 Å². The average Bonchev–Trinajstić information content (AvgIpc) is 2.65. The van der Waals surface area contributed by atoms with Crippen LogP contribution in [-0.2, 0) is 0 Å². The van der Waals surface area contributed by atoms with Gasteiger partial charge >= 0.3 is 0 Å². The van der Waals surface area contributed by atoms with E-state index in [9.17, 15) is 0 Å². The molecule has 1 saturated carbocycles. The van der Waals surface area contributed by atoms with Gasteiger partial charge in [-0.15, -0.1) is 0 Å². The van der Waals surface area contributed by atoms with E-state index in [0.717, 1.165) is 11.3 Å². The van der Waals surface area contributed by atoms with Crippen LogP contribution in [0, 0.1) is 11.3 Å². The average molecular weight is 141 g/mol. The van der Waals surface area contributed by atoms with Gasteiger partial charge in [-0.2, -0.15) is 0 Å². The van der Waals surface area contributed by atoms with Crippen LogP contribution in [0.15, 0.2) is 0 Å². The first-order valence-corrected chi connectivity index (χ1v) is 4.54. The highest BCUT2D eigenvalue weighted by atomic mass is 15.0. The smallest absolute Gasteiger partial charge is 0.00110 e. The van der Waals surface area contributed by atoms with Gasteiger partial charge in [0.1, 0.15) is 0 Å². The molecule has 1 aliphatic heterocycles. The third-order valence-electron chi connectivity index (χ3n) is 2.87. The molecule has 60 valence electrons. The molecule has 1 atom stereocenters. The summed E-state index contributed by atoms with van der Waals surface area (Å²) < 4.78 is 0. The summed E-state index contributed by atoms with van der Waals surface area (Å²) in [5.41, 5.74) is 0.792. The summed E-state index contributed by atoms with van der Waals surface area (Å²) in [7, 11) is 0. The Bertz CT molecular complexity index is 105.